The standard InChI is InChI=1S/C31H36N4O12S2/c1-16-8-22-28(48-47-46-38)32-20-12-26(24(42-3)10-18(20)30(36)34(22)14-16)44-6-5-7-45-27-13-21-19(11-25(27)43-4)31(37)35-15-17(2)9-23(35)29(33-21)49(39,40)41/h10-13,22-23,28-29,32-33,38H,1-2,5-9,14-15H2,3-4H3,(H,39,40,41)/t22-,23-,28?,29?/m0/s1. The van der Waals surface area contributed by atoms with Gasteiger partial charge in [-0.2, -0.15) is 8.42 Å². The Morgan fingerprint density at radius 2 is 1.35 bits per heavy atom. The lowest BCUT2D eigenvalue weighted by atomic mass is 10.1. The van der Waals surface area contributed by atoms with E-state index in [0.29, 0.717) is 47.7 Å². The highest BCUT2D eigenvalue weighted by Crippen LogP contribution is 2.42. The molecule has 49 heavy (non-hydrogen) atoms. The lowest BCUT2D eigenvalue weighted by Gasteiger charge is -2.26. The van der Waals surface area contributed by atoms with Crippen molar-refractivity contribution in [3.63, 3.8) is 0 Å². The summed E-state index contributed by atoms with van der Waals surface area (Å²) in [5.74, 6) is 0.550. The average Bonchev–Trinajstić information content (AvgIpc) is 3.60. The molecule has 2 aromatic rings. The molecule has 0 aromatic heterocycles. The fourth-order valence-corrected chi connectivity index (χ4v) is 8.14. The number of rotatable bonds is 12. The predicted octanol–water partition coefficient (Wildman–Crippen LogP) is 3.55. The number of hydrogen-bond donors (Lipinski definition) is 4. The van der Waals surface area contributed by atoms with Gasteiger partial charge in [-0.25, -0.2) is 5.26 Å². The molecule has 0 spiro atoms. The van der Waals surface area contributed by atoms with E-state index in [1.54, 1.807) is 17.0 Å². The molecule has 2 unspecified atom stereocenters. The van der Waals surface area contributed by atoms with Crippen LogP contribution in [-0.4, -0.2) is 103 Å². The van der Waals surface area contributed by atoms with Crippen molar-refractivity contribution in [2.24, 2.45) is 0 Å². The molecule has 0 aliphatic carbocycles. The monoisotopic (exact) mass is 720 g/mol. The molecule has 0 radical (unpaired) electrons. The molecule has 4 heterocycles. The first kappa shape index (κ1) is 34.7. The van der Waals surface area contributed by atoms with Gasteiger partial charge in [-0.05, 0) is 25.0 Å². The third kappa shape index (κ3) is 6.84. The lowest BCUT2D eigenvalue weighted by molar-refractivity contribution is -0.432. The van der Waals surface area contributed by atoms with Crippen LogP contribution in [0.3, 0.4) is 0 Å². The van der Waals surface area contributed by atoms with Crippen LogP contribution in [0.5, 0.6) is 23.0 Å². The molecule has 2 amide bonds. The van der Waals surface area contributed by atoms with Crippen LogP contribution in [0.4, 0.5) is 11.4 Å². The summed E-state index contributed by atoms with van der Waals surface area (Å²) in [6.45, 7) is 8.77. The summed E-state index contributed by atoms with van der Waals surface area (Å²) in [6.07, 6.45) is 1.14. The molecule has 2 aromatic carbocycles. The summed E-state index contributed by atoms with van der Waals surface area (Å²) < 4.78 is 62.5. The first-order chi connectivity index (χ1) is 23.4. The van der Waals surface area contributed by atoms with Gasteiger partial charge in [0.15, 0.2) is 28.4 Å². The Kier molecular flexibility index (Phi) is 9.88. The maximum Gasteiger partial charge on any atom is 0.288 e. The topological polar surface area (TPSA) is 195 Å². The number of anilines is 2. The van der Waals surface area contributed by atoms with E-state index in [0.717, 1.165) is 17.6 Å². The number of methoxy groups -OCH3 is 2. The molecule has 4 N–H and O–H groups in total. The number of amides is 2. The summed E-state index contributed by atoms with van der Waals surface area (Å²) in [4.78, 5) is 30.0. The van der Waals surface area contributed by atoms with Crippen LogP contribution in [0.1, 0.15) is 40.0 Å². The number of ether oxygens (including phenoxy) is 4. The quantitative estimate of drug-likeness (QED) is 0.0620. The van der Waals surface area contributed by atoms with E-state index in [-0.39, 0.29) is 60.9 Å². The van der Waals surface area contributed by atoms with Gasteiger partial charge in [-0.3, -0.25) is 14.1 Å². The number of fused-ring (bicyclic) bond motifs is 4. The van der Waals surface area contributed by atoms with Crippen LogP contribution in [0.25, 0.3) is 0 Å². The SMILES string of the molecule is C=C1C[C@H]2C(SOOO)Nc3cc(OCCCOc4cc5c(cc4OC)C(=O)N4CC(=C)C[C@H]4C(S(=O)(=O)O)N5)c(OC)cc3C(=O)N2C1. The summed E-state index contributed by atoms with van der Waals surface area (Å²) >= 11 is 0.823. The molecule has 18 heteroatoms. The second kappa shape index (κ2) is 14.0. The van der Waals surface area contributed by atoms with Crippen LogP contribution >= 0.6 is 12.0 Å². The maximum absolute atomic E-state index is 13.5. The molecule has 264 valence electrons. The van der Waals surface area contributed by atoms with Crippen molar-refractivity contribution in [3.8, 4) is 23.0 Å². The molecule has 0 bridgehead atoms. The van der Waals surface area contributed by atoms with Crippen LogP contribution < -0.4 is 29.6 Å². The highest BCUT2D eigenvalue weighted by molar-refractivity contribution is 7.95. The van der Waals surface area contributed by atoms with Gasteiger partial charge in [0.05, 0.1) is 74.1 Å². The molecule has 4 aliphatic rings. The van der Waals surface area contributed by atoms with Crippen molar-refractivity contribution < 1.29 is 56.1 Å². The van der Waals surface area contributed by atoms with E-state index in [2.05, 4.69) is 28.8 Å². The minimum absolute atomic E-state index is 0.140. The van der Waals surface area contributed by atoms with Gasteiger partial charge in [-0.15, -0.1) is 4.33 Å². The van der Waals surface area contributed by atoms with E-state index in [1.807, 2.05) is 0 Å². The zero-order valence-electron chi connectivity index (χ0n) is 26.7. The van der Waals surface area contributed by atoms with Crippen LogP contribution in [0, 0.1) is 0 Å². The Balaban J connectivity index is 1.15. The third-order valence-electron chi connectivity index (χ3n) is 8.77. The number of nitrogens with one attached hydrogen (secondary N) is 2. The van der Waals surface area contributed by atoms with E-state index in [9.17, 15) is 22.6 Å². The predicted molar refractivity (Wildman–Crippen MR) is 178 cm³/mol. The van der Waals surface area contributed by atoms with Crippen LogP contribution in [-0.2, 0) is 19.5 Å². The second-order valence-electron chi connectivity index (χ2n) is 11.9. The number of nitrogens with zero attached hydrogens (tertiary/aromatic N) is 2. The molecule has 2 saturated heterocycles. The first-order valence-electron chi connectivity index (χ1n) is 15.2. The van der Waals surface area contributed by atoms with Crippen molar-refractivity contribution >= 4 is 45.4 Å². The van der Waals surface area contributed by atoms with Gasteiger partial charge in [0, 0.05) is 31.6 Å². The number of hydrogen-bond acceptors (Lipinski definition) is 14. The Labute approximate surface area is 286 Å². The van der Waals surface area contributed by atoms with Gasteiger partial charge in [0.25, 0.3) is 21.9 Å². The zero-order valence-corrected chi connectivity index (χ0v) is 28.3. The smallest absolute Gasteiger partial charge is 0.288 e. The third-order valence-corrected chi connectivity index (χ3v) is 10.6. The van der Waals surface area contributed by atoms with Gasteiger partial charge in [0.1, 0.15) is 5.37 Å². The van der Waals surface area contributed by atoms with E-state index in [4.69, 9.17) is 28.5 Å². The lowest BCUT2D eigenvalue weighted by Crippen LogP contribution is -2.47. The van der Waals surface area contributed by atoms with Crippen molar-refractivity contribution in [1.29, 1.82) is 0 Å². The minimum Gasteiger partial charge on any atom is -0.493 e. The van der Waals surface area contributed by atoms with Gasteiger partial charge in [0.2, 0.25) is 0 Å². The van der Waals surface area contributed by atoms with Crippen molar-refractivity contribution in [3.05, 3.63) is 59.7 Å². The van der Waals surface area contributed by atoms with E-state index >= 15 is 0 Å². The molecule has 16 nitrogen and oxygen atoms in total. The highest BCUT2D eigenvalue weighted by Gasteiger charge is 2.46. The zero-order chi connectivity index (χ0) is 35.0. The summed E-state index contributed by atoms with van der Waals surface area (Å²) in [6, 6.07) is 5.05. The normalized spacial score (nSPS) is 23.0. The molecule has 4 aliphatic heterocycles. The number of carbonyl (C=O) groups excluding carboxylic acids is 2. The van der Waals surface area contributed by atoms with Crippen LogP contribution in [0.2, 0.25) is 0 Å². The summed E-state index contributed by atoms with van der Waals surface area (Å²) in [5.41, 5.74) is 2.74. The molecular formula is C31H36N4O12S2. The van der Waals surface area contributed by atoms with E-state index in [1.165, 1.54) is 31.3 Å². The number of carbonyl (C=O) groups is 2. The van der Waals surface area contributed by atoms with E-state index < -0.39 is 32.8 Å². The second-order valence-corrected chi connectivity index (χ2v) is 14.3. The average molecular weight is 721 g/mol. The largest absolute Gasteiger partial charge is 0.493 e. The van der Waals surface area contributed by atoms with Crippen molar-refractivity contribution in [2.45, 2.75) is 42.1 Å². The van der Waals surface area contributed by atoms with Gasteiger partial charge >= 0.3 is 0 Å². The van der Waals surface area contributed by atoms with Gasteiger partial charge in [-0.1, -0.05) is 29.3 Å². The molecular weight excluding hydrogens is 684 g/mol. The number of benzene rings is 2. The van der Waals surface area contributed by atoms with Crippen LogP contribution in [0.15, 0.2) is 48.6 Å². The first-order valence-corrected chi connectivity index (χ1v) is 17.5. The van der Waals surface area contributed by atoms with Gasteiger partial charge < -0.3 is 39.4 Å². The Morgan fingerprint density at radius 3 is 1.86 bits per heavy atom. The fraction of sp³-hybridized carbons (Fsp3) is 0.419. The molecule has 2 fully saturated rings. The minimum atomic E-state index is -4.60. The highest BCUT2D eigenvalue weighted by atomic mass is 32.2. The maximum atomic E-state index is 13.5. The summed E-state index contributed by atoms with van der Waals surface area (Å²) in [7, 11) is -1.71. The molecule has 6 rings (SSSR count). The van der Waals surface area contributed by atoms with Crippen molar-refractivity contribution in [2.75, 3.05) is 51.2 Å². The Morgan fingerprint density at radius 1 is 0.837 bits per heavy atom. The fourth-order valence-electron chi connectivity index (χ4n) is 6.55. The Hall–Kier alpha value is -4.20. The van der Waals surface area contributed by atoms with Crippen molar-refractivity contribution in [1.82, 2.24) is 9.80 Å². The Bertz CT molecular complexity index is 1790. The summed E-state index contributed by atoms with van der Waals surface area (Å²) in [5, 5.41) is 16.7. The molecule has 4 atom stereocenters. The molecule has 0 saturated carbocycles.